The van der Waals surface area contributed by atoms with Gasteiger partial charge in [0.1, 0.15) is 0 Å². The van der Waals surface area contributed by atoms with Gasteiger partial charge < -0.3 is 0 Å². The van der Waals surface area contributed by atoms with Crippen molar-refractivity contribution in [2.24, 2.45) is 0 Å². The van der Waals surface area contributed by atoms with Crippen LogP contribution in [0.3, 0.4) is 0 Å². The van der Waals surface area contributed by atoms with Crippen LogP contribution in [0.15, 0.2) is 24.3 Å². The highest BCUT2D eigenvalue weighted by molar-refractivity contribution is 7.94. The van der Waals surface area contributed by atoms with Gasteiger partial charge in [-0.05, 0) is 18.6 Å². The average molecular weight is 306 g/mol. The number of nitro benzene ring substituents is 1. The lowest BCUT2D eigenvalue weighted by atomic mass is 10.1. The Balaban J connectivity index is 3.23. The molecule has 0 aromatic heterocycles. The fraction of sp³-hybridized carbons (Fsp3) is 0.364. The van der Waals surface area contributed by atoms with E-state index in [4.69, 9.17) is 11.6 Å². The van der Waals surface area contributed by atoms with E-state index in [1.54, 1.807) is 0 Å². The summed E-state index contributed by atoms with van der Waals surface area (Å²) in [4.78, 5) is 22.0. The highest BCUT2D eigenvalue weighted by Gasteiger charge is 2.45. The highest BCUT2D eigenvalue weighted by Crippen LogP contribution is 2.31. The number of alkyl halides is 1. The van der Waals surface area contributed by atoms with Gasteiger partial charge in [-0.25, -0.2) is 8.42 Å². The molecular formula is C11H12ClNO5S. The van der Waals surface area contributed by atoms with Gasteiger partial charge in [-0.3, -0.25) is 14.9 Å². The van der Waals surface area contributed by atoms with Crippen molar-refractivity contribution in [3.8, 4) is 0 Å². The number of benzene rings is 1. The number of hydrogen-bond acceptors (Lipinski definition) is 5. The van der Waals surface area contributed by atoms with E-state index < -0.39 is 24.8 Å². The van der Waals surface area contributed by atoms with Gasteiger partial charge in [0.2, 0.25) is 4.21 Å². The van der Waals surface area contributed by atoms with E-state index >= 15 is 0 Å². The number of nitro groups is 1. The van der Waals surface area contributed by atoms with Crippen LogP contribution < -0.4 is 0 Å². The molecule has 1 aromatic carbocycles. The lowest BCUT2D eigenvalue weighted by molar-refractivity contribution is -0.384. The van der Waals surface area contributed by atoms with E-state index in [1.165, 1.54) is 19.1 Å². The first kappa shape index (κ1) is 15.6. The number of rotatable bonds is 5. The maximum atomic E-state index is 12.1. The molecule has 0 aliphatic rings. The molecule has 19 heavy (non-hydrogen) atoms. The summed E-state index contributed by atoms with van der Waals surface area (Å²) in [6.45, 7) is 1.48. The Morgan fingerprint density at radius 2 is 1.84 bits per heavy atom. The molecule has 0 fully saturated rings. The van der Waals surface area contributed by atoms with Crippen molar-refractivity contribution in [3.05, 3.63) is 39.9 Å². The van der Waals surface area contributed by atoms with Gasteiger partial charge in [0.05, 0.1) is 4.92 Å². The van der Waals surface area contributed by atoms with E-state index in [-0.39, 0.29) is 17.7 Å². The van der Waals surface area contributed by atoms with Gasteiger partial charge in [0.15, 0.2) is 15.6 Å². The Bertz CT molecular complexity index is 610. The van der Waals surface area contributed by atoms with Crippen LogP contribution in [0.5, 0.6) is 0 Å². The van der Waals surface area contributed by atoms with Crippen molar-refractivity contribution < 1.29 is 18.1 Å². The summed E-state index contributed by atoms with van der Waals surface area (Å²) in [5, 5.41) is 10.5. The van der Waals surface area contributed by atoms with Crippen LogP contribution in [0.4, 0.5) is 5.69 Å². The van der Waals surface area contributed by atoms with E-state index in [1.807, 2.05) is 0 Å². The Hall–Kier alpha value is -1.47. The number of Topliss-reactive ketones (excluding diaryl/α,β-unsaturated/α-hetero) is 1. The van der Waals surface area contributed by atoms with Crippen molar-refractivity contribution >= 4 is 32.9 Å². The van der Waals surface area contributed by atoms with Gasteiger partial charge in [0, 0.05) is 24.0 Å². The molecular weight excluding hydrogens is 294 g/mol. The molecule has 0 saturated carbocycles. The Labute approximate surface area is 115 Å². The topological polar surface area (TPSA) is 94.3 Å². The minimum atomic E-state index is -3.81. The summed E-state index contributed by atoms with van der Waals surface area (Å²) >= 11 is 5.92. The van der Waals surface area contributed by atoms with Crippen LogP contribution in [0, 0.1) is 10.1 Å². The van der Waals surface area contributed by atoms with E-state index in [0.717, 1.165) is 18.4 Å². The number of non-ortho nitro benzene ring substituents is 1. The molecule has 1 atom stereocenters. The number of halogens is 1. The smallest absolute Gasteiger partial charge is 0.269 e. The van der Waals surface area contributed by atoms with Gasteiger partial charge in [-0.1, -0.05) is 18.5 Å². The predicted octanol–water partition coefficient (Wildman–Crippen LogP) is 2.17. The predicted molar refractivity (Wildman–Crippen MR) is 71.1 cm³/mol. The molecule has 1 unspecified atom stereocenters. The Kier molecular flexibility index (Phi) is 4.32. The average Bonchev–Trinajstić information content (AvgIpc) is 2.35. The van der Waals surface area contributed by atoms with Crippen LogP contribution in [0.2, 0.25) is 0 Å². The molecule has 1 rings (SSSR count). The summed E-state index contributed by atoms with van der Waals surface area (Å²) in [5.41, 5.74) is -0.166. The quantitative estimate of drug-likeness (QED) is 0.359. The molecule has 0 spiro atoms. The van der Waals surface area contributed by atoms with Crippen LogP contribution in [0.25, 0.3) is 0 Å². The summed E-state index contributed by atoms with van der Waals surface area (Å²) in [7, 11) is -3.81. The monoisotopic (exact) mass is 305 g/mol. The van der Waals surface area contributed by atoms with Gasteiger partial charge in [0.25, 0.3) is 5.69 Å². The third-order valence-electron chi connectivity index (χ3n) is 2.72. The van der Waals surface area contributed by atoms with Crippen molar-refractivity contribution in [2.75, 3.05) is 6.26 Å². The fourth-order valence-electron chi connectivity index (χ4n) is 1.54. The van der Waals surface area contributed by atoms with E-state index in [0.29, 0.717) is 0 Å². The normalized spacial score (nSPS) is 14.7. The molecule has 0 saturated heterocycles. The molecule has 0 radical (unpaired) electrons. The van der Waals surface area contributed by atoms with Crippen LogP contribution in [-0.2, 0) is 9.84 Å². The number of nitrogens with zero attached hydrogens (tertiary/aromatic N) is 1. The van der Waals surface area contributed by atoms with Gasteiger partial charge in [-0.2, -0.15) is 0 Å². The van der Waals surface area contributed by atoms with Crippen molar-refractivity contribution in [3.63, 3.8) is 0 Å². The second-order valence-electron chi connectivity index (χ2n) is 3.99. The first-order valence-electron chi connectivity index (χ1n) is 5.31. The lowest BCUT2D eigenvalue weighted by Crippen LogP contribution is -2.40. The van der Waals surface area contributed by atoms with Crippen LogP contribution in [-0.4, -0.2) is 29.6 Å². The van der Waals surface area contributed by atoms with E-state index in [2.05, 4.69) is 0 Å². The van der Waals surface area contributed by atoms with Crippen molar-refractivity contribution in [1.29, 1.82) is 0 Å². The molecule has 8 heteroatoms. The molecule has 0 aliphatic heterocycles. The molecule has 0 heterocycles. The number of ketones is 1. The maximum Gasteiger partial charge on any atom is 0.269 e. The summed E-state index contributed by atoms with van der Waals surface area (Å²) in [6, 6.07) is 4.64. The second-order valence-corrected chi connectivity index (χ2v) is 7.10. The third kappa shape index (κ3) is 2.93. The molecule has 0 N–H and O–H groups in total. The number of carbonyl (C=O) groups is 1. The Morgan fingerprint density at radius 1 is 1.37 bits per heavy atom. The first-order chi connectivity index (χ1) is 8.63. The minimum absolute atomic E-state index is 0.0212. The summed E-state index contributed by atoms with van der Waals surface area (Å²) in [6.07, 6.45) is 0.788. The number of sulfone groups is 1. The maximum absolute atomic E-state index is 12.1. The molecule has 6 nitrogen and oxygen atoms in total. The summed E-state index contributed by atoms with van der Waals surface area (Å²) in [5.74, 6) is -0.783. The Morgan fingerprint density at radius 3 is 2.16 bits per heavy atom. The standard InChI is InChI=1S/C11H12ClNO5S/c1-3-11(12,19(2,17)18)10(14)8-4-6-9(7-5-8)13(15)16/h4-7H,3H2,1-2H3. The van der Waals surface area contributed by atoms with Crippen LogP contribution >= 0.6 is 11.6 Å². The second kappa shape index (κ2) is 5.26. The zero-order valence-corrected chi connectivity index (χ0v) is 11.9. The van der Waals surface area contributed by atoms with Crippen molar-refractivity contribution in [2.45, 2.75) is 17.6 Å². The number of hydrogen-bond donors (Lipinski definition) is 0. The van der Waals surface area contributed by atoms with E-state index in [9.17, 15) is 23.3 Å². The zero-order chi connectivity index (χ0) is 14.8. The van der Waals surface area contributed by atoms with Crippen LogP contribution in [0.1, 0.15) is 23.7 Å². The fourth-order valence-corrected chi connectivity index (χ4v) is 2.63. The largest absolute Gasteiger partial charge is 0.291 e. The molecule has 0 amide bonds. The SMILES string of the molecule is CCC(Cl)(C(=O)c1ccc([N+](=O)[O-])cc1)S(C)(=O)=O. The highest BCUT2D eigenvalue weighted by atomic mass is 35.5. The molecule has 0 bridgehead atoms. The summed E-state index contributed by atoms with van der Waals surface area (Å²) < 4.78 is 21.2. The zero-order valence-electron chi connectivity index (χ0n) is 10.3. The molecule has 104 valence electrons. The molecule has 0 aliphatic carbocycles. The minimum Gasteiger partial charge on any atom is -0.291 e. The lowest BCUT2D eigenvalue weighted by Gasteiger charge is -2.21. The first-order valence-corrected chi connectivity index (χ1v) is 7.58. The number of carbonyl (C=O) groups excluding carboxylic acids is 1. The molecule has 1 aromatic rings. The van der Waals surface area contributed by atoms with Crippen molar-refractivity contribution in [1.82, 2.24) is 0 Å². The van der Waals surface area contributed by atoms with Gasteiger partial charge in [-0.15, -0.1) is 0 Å². The van der Waals surface area contributed by atoms with Gasteiger partial charge >= 0.3 is 0 Å². The third-order valence-corrected chi connectivity index (χ3v) is 5.65.